The van der Waals surface area contributed by atoms with Crippen LogP contribution in [0.4, 0.5) is 4.79 Å². The number of nitrogens with zero attached hydrogens (tertiary/aromatic N) is 1. The number of amides is 2. The van der Waals surface area contributed by atoms with E-state index in [0.717, 1.165) is 12.8 Å². The Labute approximate surface area is 107 Å². The Bertz CT molecular complexity index is 325. The van der Waals surface area contributed by atoms with Crippen molar-refractivity contribution in [2.24, 2.45) is 5.41 Å². The first-order valence-corrected chi connectivity index (χ1v) is 6.18. The molecule has 104 valence electrons. The number of carbonyl (C=O) groups excluding carboxylic acids is 1. The van der Waals surface area contributed by atoms with Crippen molar-refractivity contribution in [1.29, 1.82) is 0 Å². The lowest BCUT2D eigenvalue weighted by atomic mass is 9.87. The monoisotopic (exact) mass is 258 g/mol. The molecule has 1 rings (SSSR count). The number of likely N-dealkylation sites (tertiary alicyclic amines) is 1. The number of nitrogens with one attached hydrogen (secondary N) is 1. The fraction of sp³-hybridized carbons (Fsp3) is 0.833. The second kappa shape index (κ2) is 5.56. The summed E-state index contributed by atoms with van der Waals surface area (Å²) < 4.78 is 0. The van der Waals surface area contributed by atoms with Gasteiger partial charge in [0.1, 0.15) is 6.04 Å². The third-order valence-corrected chi connectivity index (χ3v) is 3.23. The van der Waals surface area contributed by atoms with Gasteiger partial charge >= 0.3 is 12.0 Å². The van der Waals surface area contributed by atoms with E-state index < -0.39 is 23.5 Å². The first-order valence-electron chi connectivity index (χ1n) is 6.18. The van der Waals surface area contributed by atoms with Gasteiger partial charge in [0.05, 0.1) is 12.6 Å². The highest BCUT2D eigenvalue weighted by molar-refractivity contribution is 5.83. The number of aliphatic hydroxyl groups excluding tert-OH is 1. The van der Waals surface area contributed by atoms with Gasteiger partial charge in [-0.15, -0.1) is 0 Å². The number of urea groups is 1. The highest BCUT2D eigenvalue weighted by atomic mass is 16.4. The predicted octanol–water partition coefficient (Wildman–Crippen LogP) is 0.652. The summed E-state index contributed by atoms with van der Waals surface area (Å²) in [7, 11) is 0. The van der Waals surface area contributed by atoms with E-state index in [1.54, 1.807) is 20.8 Å². The number of rotatable bonds is 3. The number of carbonyl (C=O) groups is 2. The third-order valence-electron chi connectivity index (χ3n) is 3.23. The minimum Gasteiger partial charge on any atom is -0.480 e. The van der Waals surface area contributed by atoms with Crippen LogP contribution in [0, 0.1) is 5.41 Å². The molecule has 6 nitrogen and oxygen atoms in total. The lowest BCUT2D eigenvalue weighted by Crippen LogP contribution is -2.54. The lowest BCUT2D eigenvalue weighted by Gasteiger charge is -2.31. The molecule has 0 bridgehead atoms. The molecule has 6 heteroatoms. The molecular formula is C12H22N2O4. The molecule has 1 unspecified atom stereocenters. The lowest BCUT2D eigenvalue weighted by molar-refractivity contribution is -0.142. The summed E-state index contributed by atoms with van der Waals surface area (Å²) in [4.78, 5) is 24.7. The molecule has 18 heavy (non-hydrogen) atoms. The molecule has 0 saturated carbocycles. The predicted molar refractivity (Wildman–Crippen MR) is 66.2 cm³/mol. The first kappa shape index (κ1) is 14.8. The van der Waals surface area contributed by atoms with Gasteiger partial charge in [0.25, 0.3) is 0 Å². The molecule has 0 aromatic rings. The number of hydrogen-bond acceptors (Lipinski definition) is 3. The quantitative estimate of drug-likeness (QED) is 0.693. The normalized spacial score (nSPS) is 21.8. The Hall–Kier alpha value is -1.30. The third kappa shape index (κ3) is 3.35. The number of carboxylic acid groups (broad SMARTS) is 1. The Balaban J connectivity index is 2.70. The molecule has 2 atom stereocenters. The molecule has 1 aliphatic rings. The zero-order valence-corrected chi connectivity index (χ0v) is 11.1. The van der Waals surface area contributed by atoms with Crippen molar-refractivity contribution in [2.75, 3.05) is 13.2 Å². The van der Waals surface area contributed by atoms with Gasteiger partial charge in [-0.05, 0) is 18.3 Å². The van der Waals surface area contributed by atoms with Gasteiger partial charge in [-0.2, -0.15) is 0 Å². The molecular weight excluding hydrogens is 236 g/mol. The van der Waals surface area contributed by atoms with E-state index in [-0.39, 0.29) is 12.6 Å². The Morgan fingerprint density at radius 3 is 2.50 bits per heavy atom. The van der Waals surface area contributed by atoms with E-state index in [9.17, 15) is 9.59 Å². The fourth-order valence-corrected chi connectivity index (χ4v) is 2.15. The van der Waals surface area contributed by atoms with Crippen molar-refractivity contribution >= 4 is 12.0 Å². The van der Waals surface area contributed by atoms with Crippen LogP contribution in [0.2, 0.25) is 0 Å². The number of carboxylic acids is 1. The maximum absolute atomic E-state index is 12.0. The summed E-state index contributed by atoms with van der Waals surface area (Å²) in [6.07, 6.45) is 1.60. The molecule has 1 fully saturated rings. The topological polar surface area (TPSA) is 89.9 Å². The van der Waals surface area contributed by atoms with E-state index in [0.29, 0.717) is 6.54 Å². The number of aliphatic carboxylic acids is 1. The SMILES string of the molecule is CC(C)(C)[C@@H](NC(=O)N1CCCC1CO)C(=O)O. The Morgan fingerprint density at radius 2 is 2.06 bits per heavy atom. The van der Waals surface area contributed by atoms with Gasteiger partial charge in [0, 0.05) is 6.54 Å². The largest absolute Gasteiger partial charge is 0.480 e. The van der Waals surface area contributed by atoms with E-state index in [4.69, 9.17) is 10.2 Å². The second-order valence-electron chi connectivity index (χ2n) is 5.76. The van der Waals surface area contributed by atoms with Gasteiger partial charge < -0.3 is 20.4 Å². The van der Waals surface area contributed by atoms with Gasteiger partial charge in [0.2, 0.25) is 0 Å². The Morgan fingerprint density at radius 1 is 1.44 bits per heavy atom. The average molecular weight is 258 g/mol. The molecule has 1 aliphatic heterocycles. The van der Waals surface area contributed by atoms with Crippen LogP contribution >= 0.6 is 0 Å². The summed E-state index contributed by atoms with van der Waals surface area (Å²) in [5.74, 6) is -1.05. The Kier molecular flexibility index (Phi) is 4.56. The summed E-state index contributed by atoms with van der Waals surface area (Å²) >= 11 is 0. The van der Waals surface area contributed by atoms with Crippen molar-refractivity contribution in [2.45, 2.75) is 45.7 Å². The van der Waals surface area contributed by atoms with Gasteiger partial charge in [-0.3, -0.25) is 0 Å². The maximum Gasteiger partial charge on any atom is 0.326 e. The standard InChI is InChI=1S/C12H22N2O4/c1-12(2,3)9(10(16)17)13-11(18)14-6-4-5-8(14)7-15/h8-9,15H,4-7H2,1-3H3,(H,13,18)(H,16,17)/t8?,9-/m0/s1. The van der Waals surface area contributed by atoms with Crippen LogP contribution in [0.15, 0.2) is 0 Å². The van der Waals surface area contributed by atoms with E-state index >= 15 is 0 Å². The van der Waals surface area contributed by atoms with Crippen molar-refractivity contribution in [3.05, 3.63) is 0 Å². The highest BCUT2D eigenvalue weighted by Crippen LogP contribution is 2.21. The van der Waals surface area contributed by atoms with E-state index in [1.807, 2.05) is 0 Å². The fourth-order valence-electron chi connectivity index (χ4n) is 2.15. The molecule has 2 amide bonds. The molecule has 0 aromatic carbocycles. The van der Waals surface area contributed by atoms with Crippen LogP contribution in [0.1, 0.15) is 33.6 Å². The molecule has 3 N–H and O–H groups in total. The minimum absolute atomic E-state index is 0.0827. The molecule has 0 aromatic heterocycles. The number of hydrogen-bond donors (Lipinski definition) is 3. The summed E-state index contributed by atoms with van der Waals surface area (Å²) in [6, 6.07) is -1.54. The van der Waals surface area contributed by atoms with Crippen LogP contribution in [0.25, 0.3) is 0 Å². The van der Waals surface area contributed by atoms with Crippen LogP contribution in [-0.2, 0) is 4.79 Å². The average Bonchev–Trinajstić information content (AvgIpc) is 2.71. The molecule has 0 aliphatic carbocycles. The molecule has 0 spiro atoms. The van der Waals surface area contributed by atoms with Gasteiger partial charge in [-0.1, -0.05) is 20.8 Å². The van der Waals surface area contributed by atoms with Crippen molar-refractivity contribution in [3.63, 3.8) is 0 Å². The molecule has 1 saturated heterocycles. The summed E-state index contributed by atoms with van der Waals surface area (Å²) in [5.41, 5.74) is -0.560. The summed E-state index contributed by atoms with van der Waals surface area (Å²) in [6.45, 7) is 5.77. The first-order chi connectivity index (χ1) is 8.27. The van der Waals surface area contributed by atoms with Crippen molar-refractivity contribution in [3.8, 4) is 0 Å². The maximum atomic E-state index is 12.0. The van der Waals surface area contributed by atoms with Gasteiger partial charge in [0.15, 0.2) is 0 Å². The summed E-state index contributed by atoms with van der Waals surface area (Å²) in [5, 5.41) is 20.8. The smallest absolute Gasteiger partial charge is 0.326 e. The zero-order chi connectivity index (χ0) is 13.9. The molecule has 0 radical (unpaired) electrons. The van der Waals surface area contributed by atoms with Gasteiger partial charge in [-0.25, -0.2) is 9.59 Å². The van der Waals surface area contributed by atoms with E-state index in [2.05, 4.69) is 5.32 Å². The van der Waals surface area contributed by atoms with Crippen LogP contribution in [0.5, 0.6) is 0 Å². The number of aliphatic hydroxyl groups is 1. The van der Waals surface area contributed by atoms with Crippen LogP contribution < -0.4 is 5.32 Å². The van der Waals surface area contributed by atoms with Crippen LogP contribution in [-0.4, -0.2) is 52.3 Å². The van der Waals surface area contributed by atoms with Crippen molar-refractivity contribution in [1.82, 2.24) is 10.2 Å². The molecule has 1 heterocycles. The van der Waals surface area contributed by atoms with Crippen LogP contribution in [0.3, 0.4) is 0 Å². The zero-order valence-electron chi connectivity index (χ0n) is 11.1. The van der Waals surface area contributed by atoms with E-state index in [1.165, 1.54) is 4.90 Å². The van der Waals surface area contributed by atoms with Crippen molar-refractivity contribution < 1.29 is 19.8 Å². The second-order valence-corrected chi connectivity index (χ2v) is 5.76. The highest BCUT2D eigenvalue weighted by Gasteiger charge is 2.36. The minimum atomic E-state index is -1.05.